The molecular formula is C9H23OPSi2. The minimum absolute atomic E-state index is 1.01. The minimum atomic E-state index is -1.36. The van der Waals surface area contributed by atoms with Crippen LogP contribution in [0.1, 0.15) is 13.3 Å². The van der Waals surface area contributed by atoms with Gasteiger partial charge < -0.3 is 4.43 Å². The van der Waals surface area contributed by atoms with E-state index in [9.17, 15) is 0 Å². The summed E-state index contributed by atoms with van der Waals surface area (Å²) in [6.45, 7) is 16.1. The van der Waals surface area contributed by atoms with E-state index in [4.69, 9.17) is 4.43 Å². The van der Waals surface area contributed by atoms with Crippen LogP contribution in [0.2, 0.25) is 39.3 Å². The van der Waals surface area contributed by atoms with Crippen LogP contribution in [0.4, 0.5) is 0 Å². The van der Waals surface area contributed by atoms with Gasteiger partial charge in [0.1, 0.15) is 7.74 Å². The Hall–Kier alpha value is 0.564. The average Bonchev–Trinajstić information content (AvgIpc) is 1.79. The molecule has 4 heteroatoms. The van der Waals surface area contributed by atoms with Crippen LogP contribution in [-0.4, -0.2) is 21.5 Å². The van der Waals surface area contributed by atoms with E-state index in [-0.39, 0.29) is 0 Å². The van der Waals surface area contributed by atoms with Crippen molar-refractivity contribution in [2.45, 2.75) is 52.6 Å². The fourth-order valence-electron chi connectivity index (χ4n) is 0.902. The highest BCUT2D eigenvalue weighted by molar-refractivity contribution is 7.81. The molecule has 0 aromatic rings. The van der Waals surface area contributed by atoms with Gasteiger partial charge in [-0.15, -0.1) is 0 Å². The molecule has 0 atom stereocenters. The van der Waals surface area contributed by atoms with Crippen molar-refractivity contribution in [2.75, 3.05) is 0 Å². The van der Waals surface area contributed by atoms with E-state index in [0.29, 0.717) is 0 Å². The van der Waals surface area contributed by atoms with Crippen molar-refractivity contribution in [1.82, 2.24) is 0 Å². The van der Waals surface area contributed by atoms with E-state index in [1.54, 1.807) is 0 Å². The Labute approximate surface area is 86.7 Å². The van der Waals surface area contributed by atoms with Crippen LogP contribution in [0.5, 0.6) is 0 Å². The molecule has 0 aliphatic carbocycles. The zero-order chi connectivity index (χ0) is 10.7. The molecule has 0 fully saturated rings. The smallest absolute Gasteiger partial charge is 0.191 e. The van der Waals surface area contributed by atoms with Crippen LogP contribution < -0.4 is 0 Å². The molecule has 0 aliphatic heterocycles. The van der Waals surface area contributed by atoms with Crippen molar-refractivity contribution < 1.29 is 4.43 Å². The Morgan fingerprint density at radius 2 is 1.54 bits per heavy atom. The molecule has 13 heavy (non-hydrogen) atoms. The monoisotopic (exact) mass is 234 g/mol. The molecule has 0 aliphatic rings. The second-order valence-corrected chi connectivity index (χ2v) is 19.4. The lowest BCUT2D eigenvalue weighted by Crippen LogP contribution is -2.29. The summed E-state index contributed by atoms with van der Waals surface area (Å²) in [5.74, 6) is 0. The van der Waals surface area contributed by atoms with Crippen LogP contribution in [0.3, 0.4) is 0 Å². The van der Waals surface area contributed by atoms with Gasteiger partial charge in [0.2, 0.25) is 0 Å². The van der Waals surface area contributed by atoms with Crippen LogP contribution >= 0.6 is 7.75 Å². The molecule has 1 nitrogen and oxygen atoms in total. The Morgan fingerprint density at radius 1 is 1.08 bits per heavy atom. The first kappa shape index (κ1) is 13.6. The van der Waals surface area contributed by atoms with Crippen LogP contribution in [0, 0.1) is 0 Å². The third-order valence-electron chi connectivity index (χ3n) is 1.19. The highest BCUT2D eigenvalue weighted by atomic mass is 31.3. The van der Waals surface area contributed by atoms with E-state index >= 15 is 0 Å². The van der Waals surface area contributed by atoms with Crippen molar-refractivity contribution in [1.29, 1.82) is 0 Å². The minimum Gasteiger partial charge on any atom is -0.386 e. The molecule has 0 aromatic carbocycles. The molecule has 0 saturated heterocycles. The molecular weight excluding hydrogens is 211 g/mol. The first-order valence-corrected chi connectivity index (χ1v) is 13.6. The summed E-state index contributed by atoms with van der Waals surface area (Å²) in [7, 11) is -0.886. The second-order valence-electron chi connectivity index (χ2n) is 5.24. The summed E-state index contributed by atoms with van der Waals surface area (Å²) in [6, 6.07) is 0. The molecule has 0 bridgehead atoms. The number of hydrogen-bond acceptors (Lipinski definition) is 1. The average molecular weight is 234 g/mol. The van der Waals surface area contributed by atoms with E-state index in [1.807, 2.05) is 0 Å². The van der Waals surface area contributed by atoms with Gasteiger partial charge in [-0.3, -0.25) is 0 Å². The summed E-state index contributed by atoms with van der Waals surface area (Å²) in [6.07, 6.45) is 1.08. The molecule has 0 spiro atoms. The van der Waals surface area contributed by atoms with E-state index < -0.39 is 16.1 Å². The maximum atomic E-state index is 6.04. The third kappa shape index (κ3) is 8.88. The fraction of sp³-hybridized carbons (Fsp3) is 0.889. The van der Waals surface area contributed by atoms with Gasteiger partial charge in [-0.25, -0.2) is 0 Å². The SMILES string of the molecule is CCC(O[Si](C)(C)C)=P[Si](C)(C)C. The maximum Gasteiger partial charge on any atom is 0.191 e. The van der Waals surface area contributed by atoms with Crippen molar-refractivity contribution in [2.24, 2.45) is 0 Å². The normalized spacial score (nSPS) is 14.8. The second kappa shape index (κ2) is 4.88. The fourth-order valence-corrected chi connectivity index (χ4v) is 6.79. The van der Waals surface area contributed by atoms with Gasteiger partial charge in [0.15, 0.2) is 8.32 Å². The van der Waals surface area contributed by atoms with E-state index in [1.165, 1.54) is 13.2 Å². The van der Waals surface area contributed by atoms with E-state index in [0.717, 1.165) is 6.42 Å². The predicted molar refractivity (Wildman–Crippen MR) is 70.0 cm³/mol. The lowest BCUT2D eigenvalue weighted by Gasteiger charge is -2.21. The Bertz CT molecular complexity index is 189. The first-order valence-electron chi connectivity index (χ1n) is 4.92. The van der Waals surface area contributed by atoms with Gasteiger partial charge in [-0.05, 0) is 26.1 Å². The first-order chi connectivity index (χ1) is 5.64. The summed E-state index contributed by atoms with van der Waals surface area (Å²) < 4.78 is 6.04. The predicted octanol–water partition coefficient (Wildman–Crippen LogP) is 4.16. The third-order valence-corrected chi connectivity index (χ3v) is 6.31. The van der Waals surface area contributed by atoms with Crippen LogP contribution in [0.15, 0.2) is 0 Å². The van der Waals surface area contributed by atoms with Gasteiger partial charge in [0.05, 0.1) is 5.48 Å². The standard InChI is InChI=1S/C9H23OPSi2/c1-8-9(10-12(2,3)4)11-13(5,6)7/h8H2,1-7H3. The highest BCUT2D eigenvalue weighted by Gasteiger charge is 2.19. The molecule has 0 unspecified atom stereocenters. The lowest BCUT2D eigenvalue weighted by atomic mass is 10.5. The summed E-state index contributed by atoms with van der Waals surface area (Å²) >= 11 is 0. The van der Waals surface area contributed by atoms with Crippen molar-refractivity contribution in [3.63, 3.8) is 0 Å². The van der Waals surface area contributed by atoms with Crippen LogP contribution in [0.25, 0.3) is 0 Å². The van der Waals surface area contributed by atoms with Gasteiger partial charge in [0.25, 0.3) is 0 Å². The van der Waals surface area contributed by atoms with Crippen molar-refractivity contribution in [3.8, 4) is 0 Å². The summed E-state index contributed by atoms with van der Waals surface area (Å²) in [4.78, 5) is 0. The topological polar surface area (TPSA) is 9.23 Å². The molecule has 0 aromatic heterocycles. The van der Waals surface area contributed by atoms with Gasteiger partial charge in [-0.2, -0.15) is 0 Å². The number of hydrogen-bond donors (Lipinski definition) is 0. The Balaban J connectivity index is 4.45. The molecule has 0 radical (unpaired) electrons. The largest absolute Gasteiger partial charge is 0.386 e. The quantitative estimate of drug-likeness (QED) is 0.524. The van der Waals surface area contributed by atoms with Crippen LogP contribution in [-0.2, 0) is 4.43 Å². The summed E-state index contributed by atoms with van der Waals surface area (Å²) in [5.41, 5.74) is 1.32. The van der Waals surface area contributed by atoms with Crippen molar-refractivity contribution in [3.05, 3.63) is 0 Å². The molecule has 0 N–H and O–H groups in total. The Morgan fingerprint density at radius 3 is 1.77 bits per heavy atom. The summed E-state index contributed by atoms with van der Waals surface area (Å²) in [5, 5.41) is 0. The molecule has 0 amide bonds. The van der Waals surface area contributed by atoms with E-state index in [2.05, 4.69) is 46.2 Å². The highest BCUT2D eigenvalue weighted by Crippen LogP contribution is 2.22. The number of rotatable bonds is 4. The zero-order valence-electron chi connectivity index (χ0n) is 10.1. The Kier molecular flexibility index (Phi) is 5.09. The lowest BCUT2D eigenvalue weighted by molar-refractivity contribution is 0.551. The molecule has 78 valence electrons. The van der Waals surface area contributed by atoms with Gasteiger partial charge >= 0.3 is 0 Å². The molecule has 0 saturated carbocycles. The maximum absolute atomic E-state index is 6.04. The van der Waals surface area contributed by atoms with Gasteiger partial charge in [0, 0.05) is 0 Å². The molecule has 0 rings (SSSR count). The zero-order valence-corrected chi connectivity index (χ0v) is 13.0. The molecule has 0 heterocycles. The van der Waals surface area contributed by atoms with Crippen molar-refractivity contribution >= 4 is 29.3 Å². The van der Waals surface area contributed by atoms with Gasteiger partial charge in [-0.1, -0.05) is 34.3 Å².